The summed E-state index contributed by atoms with van der Waals surface area (Å²) in [6.45, 7) is 4.54. The molecule has 3 nitrogen and oxygen atoms in total. The molecule has 76 valence electrons. The first-order valence-electron chi connectivity index (χ1n) is 5.14. The smallest absolute Gasteiger partial charge is 0.224 e. The molecule has 0 aliphatic heterocycles. The lowest BCUT2D eigenvalue weighted by atomic mass is 10.1. The molecule has 0 aromatic rings. The molecule has 0 radical (unpaired) electrons. The zero-order valence-electron chi connectivity index (χ0n) is 8.55. The monoisotopic (exact) mass is 184 g/mol. The fraction of sp³-hybridized carbons (Fsp3) is 0.900. The third-order valence-electron chi connectivity index (χ3n) is 2.84. The van der Waals surface area contributed by atoms with E-state index in [1.165, 1.54) is 6.42 Å². The summed E-state index contributed by atoms with van der Waals surface area (Å²) in [4.78, 5) is 11.4. The maximum absolute atomic E-state index is 11.4. The van der Waals surface area contributed by atoms with Crippen molar-refractivity contribution in [1.82, 2.24) is 5.32 Å². The zero-order chi connectivity index (χ0) is 9.84. The number of rotatable bonds is 3. The number of hydrogen-bond acceptors (Lipinski definition) is 2. The predicted molar refractivity (Wildman–Crippen MR) is 53.2 cm³/mol. The first kappa shape index (κ1) is 10.5. The van der Waals surface area contributed by atoms with Gasteiger partial charge >= 0.3 is 0 Å². The van der Waals surface area contributed by atoms with E-state index < -0.39 is 0 Å². The highest BCUT2D eigenvalue weighted by Crippen LogP contribution is 2.24. The van der Waals surface area contributed by atoms with Gasteiger partial charge in [-0.25, -0.2) is 0 Å². The summed E-state index contributed by atoms with van der Waals surface area (Å²) in [5, 5.41) is 3.04. The van der Waals surface area contributed by atoms with E-state index in [0.29, 0.717) is 12.6 Å². The van der Waals surface area contributed by atoms with Gasteiger partial charge in [0.2, 0.25) is 5.91 Å². The van der Waals surface area contributed by atoms with Gasteiger partial charge in [0, 0.05) is 18.5 Å². The second-order valence-electron chi connectivity index (χ2n) is 4.26. The van der Waals surface area contributed by atoms with Gasteiger partial charge in [-0.3, -0.25) is 4.79 Å². The van der Waals surface area contributed by atoms with Crippen molar-refractivity contribution in [2.45, 2.75) is 39.2 Å². The van der Waals surface area contributed by atoms with E-state index in [1.807, 2.05) is 6.92 Å². The van der Waals surface area contributed by atoms with Crippen LogP contribution in [0.1, 0.15) is 33.1 Å². The van der Waals surface area contributed by atoms with Crippen LogP contribution < -0.4 is 11.1 Å². The summed E-state index contributed by atoms with van der Waals surface area (Å²) in [7, 11) is 0. The molecule has 0 bridgehead atoms. The summed E-state index contributed by atoms with van der Waals surface area (Å²) in [6, 6.07) is 0.400. The average Bonchev–Trinajstić information content (AvgIpc) is 2.49. The molecule has 0 aromatic carbocycles. The lowest BCUT2D eigenvalue weighted by molar-refractivity contribution is -0.124. The van der Waals surface area contributed by atoms with Gasteiger partial charge in [-0.2, -0.15) is 0 Å². The van der Waals surface area contributed by atoms with Crippen molar-refractivity contribution >= 4 is 5.91 Å². The van der Waals surface area contributed by atoms with Crippen LogP contribution in [0.2, 0.25) is 0 Å². The maximum Gasteiger partial charge on any atom is 0.224 e. The third-order valence-corrected chi connectivity index (χ3v) is 2.84. The van der Waals surface area contributed by atoms with E-state index in [2.05, 4.69) is 12.2 Å². The Labute approximate surface area is 80.1 Å². The molecule has 1 rings (SSSR count). The third kappa shape index (κ3) is 2.99. The molecule has 1 amide bonds. The van der Waals surface area contributed by atoms with Crippen molar-refractivity contribution in [2.75, 3.05) is 6.54 Å². The summed E-state index contributed by atoms with van der Waals surface area (Å²) < 4.78 is 0. The van der Waals surface area contributed by atoms with Crippen molar-refractivity contribution in [3.05, 3.63) is 0 Å². The minimum atomic E-state index is -0.0455. The van der Waals surface area contributed by atoms with Crippen LogP contribution in [-0.4, -0.2) is 18.5 Å². The Kier molecular flexibility index (Phi) is 3.72. The molecule has 0 spiro atoms. The fourth-order valence-corrected chi connectivity index (χ4v) is 1.79. The highest BCUT2D eigenvalue weighted by atomic mass is 16.1. The quantitative estimate of drug-likeness (QED) is 0.684. The first-order chi connectivity index (χ1) is 6.13. The topological polar surface area (TPSA) is 55.1 Å². The van der Waals surface area contributed by atoms with E-state index in [0.717, 1.165) is 18.8 Å². The summed E-state index contributed by atoms with van der Waals surface area (Å²) >= 11 is 0. The van der Waals surface area contributed by atoms with Gasteiger partial charge in [-0.1, -0.05) is 13.8 Å². The Morgan fingerprint density at radius 1 is 1.62 bits per heavy atom. The molecule has 13 heavy (non-hydrogen) atoms. The number of carbonyl (C=O) groups is 1. The van der Waals surface area contributed by atoms with E-state index in [1.54, 1.807) is 0 Å². The van der Waals surface area contributed by atoms with Gasteiger partial charge in [0.1, 0.15) is 0 Å². The molecule has 3 N–H and O–H groups in total. The Balaban J connectivity index is 2.28. The zero-order valence-corrected chi connectivity index (χ0v) is 8.55. The van der Waals surface area contributed by atoms with Gasteiger partial charge in [-0.05, 0) is 25.2 Å². The Morgan fingerprint density at radius 2 is 2.31 bits per heavy atom. The molecule has 1 aliphatic carbocycles. The van der Waals surface area contributed by atoms with E-state index in [9.17, 15) is 4.79 Å². The molecule has 1 fully saturated rings. The van der Waals surface area contributed by atoms with Crippen molar-refractivity contribution in [1.29, 1.82) is 0 Å². The lowest BCUT2D eigenvalue weighted by Gasteiger charge is -2.15. The van der Waals surface area contributed by atoms with E-state index in [-0.39, 0.29) is 11.8 Å². The SMILES string of the molecule is CC1CCC(NC(=O)C(C)CN)C1. The highest BCUT2D eigenvalue weighted by molar-refractivity contribution is 5.78. The van der Waals surface area contributed by atoms with Gasteiger partial charge in [-0.15, -0.1) is 0 Å². The van der Waals surface area contributed by atoms with Crippen LogP contribution in [0.5, 0.6) is 0 Å². The van der Waals surface area contributed by atoms with Crippen LogP contribution in [-0.2, 0) is 4.79 Å². The second kappa shape index (κ2) is 4.61. The summed E-state index contributed by atoms with van der Waals surface area (Å²) in [5.41, 5.74) is 5.41. The molecular formula is C10H20N2O. The van der Waals surface area contributed by atoms with Gasteiger partial charge in [0.05, 0.1) is 0 Å². The molecular weight excluding hydrogens is 164 g/mol. The standard InChI is InChI=1S/C10H20N2O/c1-7-3-4-9(5-7)12-10(13)8(2)6-11/h7-9H,3-6,11H2,1-2H3,(H,12,13). The summed E-state index contributed by atoms with van der Waals surface area (Å²) in [5.74, 6) is 0.830. The van der Waals surface area contributed by atoms with E-state index in [4.69, 9.17) is 5.73 Å². The fourth-order valence-electron chi connectivity index (χ4n) is 1.79. The first-order valence-corrected chi connectivity index (χ1v) is 5.14. The number of amides is 1. The molecule has 0 heterocycles. The number of hydrogen-bond donors (Lipinski definition) is 2. The van der Waals surface area contributed by atoms with Crippen molar-refractivity contribution in [3.8, 4) is 0 Å². The van der Waals surface area contributed by atoms with Crippen LogP contribution in [0.3, 0.4) is 0 Å². The van der Waals surface area contributed by atoms with Crippen LogP contribution >= 0.6 is 0 Å². The van der Waals surface area contributed by atoms with Crippen LogP contribution in [0.25, 0.3) is 0 Å². The molecule has 0 saturated heterocycles. The van der Waals surface area contributed by atoms with Gasteiger partial charge in [0.25, 0.3) is 0 Å². The molecule has 1 aliphatic rings. The number of carbonyl (C=O) groups excluding carboxylic acids is 1. The lowest BCUT2D eigenvalue weighted by Crippen LogP contribution is -2.39. The van der Waals surface area contributed by atoms with E-state index >= 15 is 0 Å². The van der Waals surface area contributed by atoms with Crippen LogP contribution in [0.15, 0.2) is 0 Å². The van der Waals surface area contributed by atoms with Crippen molar-refractivity contribution in [2.24, 2.45) is 17.6 Å². The Morgan fingerprint density at radius 3 is 2.77 bits per heavy atom. The second-order valence-corrected chi connectivity index (χ2v) is 4.26. The minimum absolute atomic E-state index is 0.0455. The van der Waals surface area contributed by atoms with Crippen LogP contribution in [0, 0.1) is 11.8 Å². The largest absolute Gasteiger partial charge is 0.353 e. The van der Waals surface area contributed by atoms with Crippen molar-refractivity contribution in [3.63, 3.8) is 0 Å². The normalized spacial score (nSPS) is 30.1. The number of nitrogens with one attached hydrogen (secondary N) is 1. The van der Waals surface area contributed by atoms with Crippen LogP contribution in [0.4, 0.5) is 0 Å². The van der Waals surface area contributed by atoms with Gasteiger partial charge < -0.3 is 11.1 Å². The van der Waals surface area contributed by atoms with Gasteiger partial charge in [0.15, 0.2) is 0 Å². The molecule has 1 saturated carbocycles. The summed E-state index contributed by atoms with van der Waals surface area (Å²) in [6.07, 6.45) is 3.50. The predicted octanol–water partition coefficient (Wildman–Crippen LogP) is 0.886. The molecule has 3 atom stereocenters. The molecule has 3 heteroatoms. The Bertz CT molecular complexity index is 182. The number of nitrogens with two attached hydrogens (primary N) is 1. The average molecular weight is 184 g/mol. The minimum Gasteiger partial charge on any atom is -0.353 e. The highest BCUT2D eigenvalue weighted by Gasteiger charge is 2.23. The Hall–Kier alpha value is -0.570. The maximum atomic E-state index is 11.4. The van der Waals surface area contributed by atoms with Crippen molar-refractivity contribution < 1.29 is 4.79 Å². The molecule has 3 unspecified atom stereocenters. The molecule has 0 aromatic heterocycles.